The molecule has 1 aromatic carbocycles. The second-order valence-electron chi connectivity index (χ2n) is 5.71. The highest BCUT2D eigenvalue weighted by Crippen LogP contribution is 2.14. The second kappa shape index (κ2) is 8.63. The molecule has 2 rings (SSSR count). The van der Waals surface area contributed by atoms with Gasteiger partial charge in [0.15, 0.2) is 5.11 Å². The van der Waals surface area contributed by atoms with E-state index in [2.05, 4.69) is 10.6 Å². The van der Waals surface area contributed by atoms with Gasteiger partial charge in [0.1, 0.15) is 6.04 Å². The first-order valence-electron chi connectivity index (χ1n) is 8.11. The van der Waals surface area contributed by atoms with Crippen molar-refractivity contribution in [2.75, 3.05) is 18.4 Å². The van der Waals surface area contributed by atoms with Crippen molar-refractivity contribution in [2.24, 2.45) is 0 Å². The van der Waals surface area contributed by atoms with E-state index in [0.29, 0.717) is 18.2 Å². The van der Waals surface area contributed by atoms with Gasteiger partial charge in [-0.2, -0.15) is 0 Å². The van der Waals surface area contributed by atoms with Crippen molar-refractivity contribution in [1.29, 1.82) is 0 Å². The van der Waals surface area contributed by atoms with Crippen LogP contribution in [0.1, 0.15) is 26.7 Å². The van der Waals surface area contributed by atoms with Gasteiger partial charge in [-0.3, -0.25) is 9.59 Å². The summed E-state index contributed by atoms with van der Waals surface area (Å²) in [6, 6.07) is 8.84. The minimum atomic E-state index is -0.654. The third kappa shape index (κ3) is 4.92. The van der Waals surface area contributed by atoms with Crippen LogP contribution in [0.15, 0.2) is 30.3 Å². The number of benzene rings is 1. The lowest BCUT2D eigenvalue weighted by molar-refractivity contribution is -0.151. The van der Waals surface area contributed by atoms with Gasteiger partial charge in [0, 0.05) is 18.8 Å². The van der Waals surface area contributed by atoms with E-state index in [1.807, 2.05) is 44.2 Å². The molecule has 1 aliphatic heterocycles. The molecule has 2 atom stereocenters. The third-order valence-corrected chi connectivity index (χ3v) is 4.22. The van der Waals surface area contributed by atoms with Crippen molar-refractivity contribution in [3.05, 3.63) is 30.3 Å². The Balaban J connectivity index is 2.03. The Morgan fingerprint density at radius 1 is 1.46 bits per heavy atom. The summed E-state index contributed by atoms with van der Waals surface area (Å²) in [6.45, 7) is 4.81. The maximum atomic E-state index is 12.2. The summed E-state index contributed by atoms with van der Waals surface area (Å²) in [5.74, 6) is -0.599. The first-order chi connectivity index (χ1) is 11.5. The molecule has 0 aliphatic carbocycles. The molecule has 0 radical (unpaired) electrons. The molecule has 0 bridgehead atoms. The maximum absolute atomic E-state index is 12.2. The van der Waals surface area contributed by atoms with Crippen LogP contribution in [-0.2, 0) is 14.3 Å². The summed E-state index contributed by atoms with van der Waals surface area (Å²) in [5.41, 5.74) is 0.842. The zero-order chi connectivity index (χ0) is 17.5. The monoisotopic (exact) mass is 349 g/mol. The van der Waals surface area contributed by atoms with Crippen molar-refractivity contribution in [3.63, 3.8) is 0 Å². The number of hydrogen-bond donors (Lipinski definition) is 2. The molecule has 6 nitrogen and oxygen atoms in total. The first-order valence-corrected chi connectivity index (χ1v) is 8.52. The van der Waals surface area contributed by atoms with Gasteiger partial charge < -0.3 is 20.3 Å². The van der Waals surface area contributed by atoms with Gasteiger partial charge in [-0.05, 0) is 37.7 Å². The molecule has 0 saturated carbocycles. The number of para-hydroxylation sites is 1. The molecule has 0 aromatic heterocycles. The summed E-state index contributed by atoms with van der Waals surface area (Å²) in [6.07, 6.45) is 0.555. The van der Waals surface area contributed by atoms with E-state index in [0.717, 1.165) is 12.1 Å². The van der Waals surface area contributed by atoms with Crippen LogP contribution in [0.2, 0.25) is 0 Å². The third-order valence-electron chi connectivity index (χ3n) is 3.88. The average molecular weight is 349 g/mol. The number of piperazine rings is 1. The Kier molecular flexibility index (Phi) is 6.54. The standard InChI is InChI=1S/C17H23N3O3S/c1-3-12(2)23-15(21)11-14-16(22)18-9-10-20(14)17(24)19-13-7-5-4-6-8-13/h4-8,12,14H,3,9-11H2,1-2H3,(H,18,22)(H,19,24). The van der Waals surface area contributed by atoms with Crippen LogP contribution in [-0.4, -0.2) is 47.1 Å². The number of hydrogen-bond acceptors (Lipinski definition) is 4. The number of nitrogens with zero attached hydrogens (tertiary/aromatic N) is 1. The number of carbonyl (C=O) groups is 2. The van der Waals surface area contributed by atoms with Gasteiger partial charge in [-0.1, -0.05) is 25.1 Å². The SMILES string of the molecule is CCC(C)OC(=O)CC1C(=O)NCCN1C(=S)Nc1ccccc1. The first kappa shape index (κ1) is 18.2. The number of thiocarbonyl (C=S) groups is 1. The zero-order valence-corrected chi connectivity index (χ0v) is 14.8. The van der Waals surface area contributed by atoms with Gasteiger partial charge in [0.05, 0.1) is 12.5 Å². The second-order valence-corrected chi connectivity index (χ2v) is 6.10. The predicted molar refractivity (Wildman–Crippen MR) is 96.6 cm³/mol. The Morgan fingerprint density at radius 2 is 2.17 bits per heavy atom. The minimum Gasteiger partial charge on any atom is -0.463 e. The summed E-state index contributed by atoms with van der Waals surface area (Å²) >= 11 is 5.43. The summed E-state index contributed by atoms with van der Waals surface area (Å²) in [4.78, 5) is 26.0. The van der Waals surface area contributed by atoms with Crippen LogP contribution in [0.4, 0.5) is 5.69 Å². The van der Waals surface area contributed by atoms with Crippen molar-refractivity contribution in [1.82, 2.24) is 10.2 Å². The highest BCUT2D eigenvalue weighted by atomic mass is 32.1. The zero-order valence-electron chi connectivity index (χ0n) is 14.0. The van der Waals surface area contributed by atoms with E-state index in [9.17, 15) is 9.59 Å². The molecule has 2 N–H and O–H groups in total. The Bertz CT molecular complexity index is 594. The molecule has 1 saturated heterocycles. The number of nitrogens with one attached hydrogen (secondary N) is 2. The largest absolute Gasteiger partial charge is 0.463 e. The smallest absolute Gasteiger partial charge is 0.308 e. The van der Waals surface area contributed by atoms with Crippen molar-refractivity contribution >= 4 is 34.9 Å². The number of amides is 1. The van der Waals surface area contributed by atoms with Crippen LogP contribution in [0.25, 0.3) is 0 Å². The summed E-state index contributed by atoms with van der Waals surface area (Å²) < 4.78 is 5.29. The minimum absolute atomic E-state index is 0.0210. The van der Waals surface area contributed by atoms with E-state index >= 15 is 0 Å². The maximum Gasteiger partial charge on any atom is 0.308 e. The number of esters is 1. The number of carbonyl (C=O) groups excluding carboxylic acids is 2. The number of rotatable bonds is 5. The highest BCUT2D eigenvalue weighted by molar-refractivity contribution is 7.80. The van der Waals surface area contributed by atoms with E-state index in [1.165, 1.54) is 0 Å². The quantitative estimate of drug-likeness (QED) is 0.625. The van der Waals surface area contributed by atoms with Crippen molar-refractivity contribution in [2.45, 2.75) is 38.8 Å². The molecule has 7 heteroatoms. The van der Waals surface area contributed by atoms with Crippen LogP contribution in [0, 0.1) is 0 Å². The molecule has 24 heavy (non-hydrogen) atoms. The number of anilines is 1. The van der Waals surface area contributed by atoms with Crippen LogP contribution < -0.4 is 10.6 Å². The molecule has 2 unspecified atom stereocenters. The fourth-order valence-electron chi connectivity index (χ4n) is 2.39. The lowest BCUT2D eigenvalue weighted by Gasteiger charge is -2.36. The van der Waals surface area contributed by atoms with E-state index in [-0.39, 0.29) is 24.4 Å². The van der Waals surface area contributed by atoms with E-state index < -0.39 is 6.04 Å². The Labute approximate surface area is 147 Å². The normalized spacial score (nSPS) is 18.5. The Morgan fingerprint density at radius 3 is 2.83 bits per heavy atom. The molecule has 0 spiro atoms. The van der Waals surface area contributed by atoms with E-state index in [4.69, 9.17) is 17.0 Å². The lowest BCUT2D eigenvalue weighted by Crippen LogP contribution is -2.58. The van der Waals surface area contributed by atoms with E-state index in [1.54, 1.807) is 4.90 Å². The molecule has 130 valence electrons. The fourth-order valence-corrected chi connectivity index (χ4v) is 2.73. The lowest BCUT2D eigenvalue weighted by atomic mass is 10.1. The topological polar surface area (TPSA) is 70.7 Å². The molecule has 1 aliphatic rings. The fraction of sp³-hybridized carbons (Fsp3) is 0.471. The molecular formula is C17H23N3O3S. The van der Waals surface area contributed by atoms with Gasteiger partial charge in [0.25, 0.3) is 0 Å². The van der Waals surface area contributed by atoms with Crippen molar-refractivity contribution < 1.29 is 14.3 Å². The summed E-state index contributed by atoms with van der Waals surface area (Å²) in [5, 5.41) is 6.32. The van der Waals surface area contributed by atoms with Gasteiger partial charge in [-0.25, -0.2) is 0 Å². The molecule has 1 fully saturated rings. The average Bonchev–Trinajstić information content (AvgIpc) is 2.57. The molecule has 1 aromatic rings. The van der Waals surface area contributed by atoms with Gasteiger partial charge in [-0.15, -0.1) is 0 Å². The predicted octanol–water partition coefficient (Wildman–Crippen LogP) is 1.92. The van der Waals surface area contributed by atoms with Gasteiger partial charge >= 0.3 is 5.97 Å². The van der Waals surface area contributed by atoms with Crippen LogP contribution in [0.5, 0.6) is 0 Å². The molecule has 1 heterocycles. The van der Waals surface area contributed by atoms with Crippen LogP contribution >= 0.6 is 12.2 Å². The number of ether oxygens (including phenoxy) is 1. The summed E-state index contributed by atoms with van der Waals surface area (Å²) in [7, 11) is 0. The van der Waals surface area contributed by atoms with Crippen molar-refractivity contribution in [3.8, 4) is 0 Å². The van der Waals surface area contributed by atoms with Crippen LogP contribution in [0.3, 0.4) is 0 Å². The highest BCUT2D eigenvalue weighted by Gasteiger charge is 2.34. The molecular weight excluding hydrogens is 326 g/mol. The Hall–Kier alpha value is -2.15. The molecule has 1 amide bonds. The van der Waals surface area contributed by atoms with Gasteiger partial charge in [0.2, 0.25) is 5.91 Å².